The van der Waals surface area contributed by atoms with Crippen molar-refractivity contribution in [1.29, 1.82) is 0 Å². The topological polar surface area (TPSA) is 59.9 Å². The number of sulfone groups is 1. The van der Waals surface area contributed by atoms with Crippen molar-refractivity contribution in [2.75, 3.05) is 6.26 Å². The molecule has 0 spiro atoms. The van der Waals surface area contributed by atoms with E-state index in [1.807, 2.05) is 6.07 Å². The van der Waals surface area contributed by atoms with Gasteiger partial charge in [-0.15, -0.1) is 0 Å². The fraction of sp³-hybridized carbons (Fsp3) is 0.167. The number of halogens is 1. The first-order chi connectivity index (χ1) is 8.45. The highest BCUT2D eigenvalue weighted by Crippen LogP contribution is 2.14. The van der Waals surface area contributed by atoms with Gasteiger partial charge in [-0.25, -0.2) is 18.4 Å². The monoisotopic (exact) mass is 282 g/mol. The van der Waals surface area contributed by atoms with E-state index in [4.69, 9.17) is 11.6 Å². The van der Waals surface area contributed by atoms with Crippen LogP contribution in [0.1, 0.15) is 11.4 Å². The zero-order chi connectivity index (χ0) is 13.2. The molecule has 2 rings (SSSR count). The second kappa shape index (κ2) is 5.04. The van der Waals surface area contributed by atoms with Crippen molar-refractivity contribution in [3.05, 3.63) is 53.1 Å². The van der Waals surface area contributed by atoms with E-state index in [1.54, 1.807) is 30.5 Å². The summed E-state index contributed by atoms with van der Waals surface area (Å²) in [7, 11) is -3.19. The van der Waals surface area contributed by atoms with E-state index in [-0.39, 0.29) is 0 Å². The molecule has 0 aliphatic rings. The van der Waals surface area contributed by atoms with E-state index in [0.717, 1.165) is 5.56 Å². The summed E-state index contributed by atoms with van der Waals surface area (Å²) >= 11 is 5.77. The van der Waals surface area contributed by atoms with Crippen LogP contribution in [0.5, 0.6) is 0 Å². The molecule has 0 radical (unpaired) electrons. The summed E-state index contributed by atoms with van der Waals surface area (Å²) < 4.78 is 22.9. The summed E-state index contributed by atoms with van der Waals surface area (Å²) in [5, 5.41) is 0.374. The molecular weight excluding hydrogens is 272 g/mol. The van der Waals surface area contributed by atoms with Crippen LogP contribution < -0.4 is 0 Å². The zero-order valence-corrected chi connectivity index (χ0v) is 11.2. The zero-order valence-electron chi connectivity index (χ0n) is 9.67. The smallest absolute Gasteiger partial charge is 0.175 e. The molecule has 1 aromatic heterocycles. The van der Waals surface area contributed by atoms with Crippen LogP contribution in [0.15, 0.2) is 41.4 Å². The van der Waals surface area contributed by atoms with Crippen molar-refractivity contribution < 1.29 is 8.42 Å². The molecule has 0 amide bonds. The van der Waals surface area contributed by atoms with E-state index in [2.05, 4.69) is 9.97 Å². The van der Waals surface area contributed by atoms with Crippen LogP contribution >= 0.6 is 11.6 Å². The fourth-order valence-electron chi connectivity index (χ4n) is 1.53. The summed E-state index contributed by atoms with van der Waals surface area (Å²) in [5.41, 5.74) is 0.834. The minimum Gasteiger partial charge on any atom is -0.241 e. The maximum Gasteiger partial charge on any atom is 0.175 e. The summed E-state index contributed by atoms with van der Waals surface area (Å²) in [4.78, 5) is 8.44. The standard InChI is InChI=1S/C12H11ClN2O2S/c1-18(16,17)10-4-2-3-9(7-10)8-12-14-6-5-11(13)15-12/h2-7H,8H2,1H3. The quantitative estimate of drug-likeness (QED) is 0.809. The van der Waals surface area contributed by atoms with Crippen molar-refractivity contribution in [2.24, 2.45) is 0 Å². The van der Waals surface area contributed by atoms with Crippen LogP contribution in [0.2, 0.25) is 5.15 Å². The third-order valence-corrected chi connectivity index (χ3v) is 3.68. The summed E-state index contributed by atoms with van der Waals surface area (Å²) in [6.45, 7) is 0. The van der Waals surface area contributed by atoms with Crippen LogP contribution in [0.3, 0.4) is 0 Å². The van der Waals surface area contributed by atoms with Gasteiger partial charge in [0.15, 0.2) is 9.84 Å². The van der Waals surface area contributed by atoms with Gasteiger partial charge < -0.3 is 0 Å². The Kier molecular flexibility index (Phi) is 3.63. The Balaban J connectivity index is 2.30. The van der Waals surface area contributed by atoms with E-state index in [9.17, 15) is 8.42 Å². The Bertz CT molecular complexity index is 671. The Hall–Kier alpha value is -1.46. The van der Waals surface area contributed by atoms with Crippen LogP contribution in [-0.2, 0) is 16.3 Å². The molecule has 0 unspecified atom stereocenters. The van der Waals surface area contributed by atoms with Gasteiger partial charge in [0.1, 0.15) is 11.0 Å². The van der Waals surface area contributed by atoms with Gasteiger partial charge in [-0.05, 0) is 23.8 Å². The van der Waals surface area contributed by atoms with E-state index in [0.29, 0.717) is 22.3 Å². The van der Waals surface area contributed by atoms with Crippen LogP contribution in [0.4, 0.5) is 0 Å². The van der Waals surface area contributed by atoms with Crippen LogP contribution in [-0.4, -0.2) is 24.6 Å². The molecule has 0 saturated carbocycles. The molecular formula is C12H11ClN2O2S. The third-order valence-electron chi connectivity index (χ3n) is 2.36. The molecule has 0 aliphatic heterocycles. The maximum absolute atomic E-state index is 11.4. The lowest BCUT2D eigenvalue weighted by Crippen LogP contribution is -2.00. The average molecular weight is 283 g/mol. The van der Waals surface area contributed by atoms with Crippen molar-refractivity contribution in [3.8, 4) is 0 Å². The van der Waals surface area contributed by atoms with Gasteiger partial charge >= 0.3 is 0 Å². The molecule has 6 heteroatoms. The average Bonchev–Trinajstić information content (AvgIpc) is 2.28. The number of hydrogen-bond acceptors (Lipinski definition) is 4. The molecule has 4 nitrogen and oxygen atoms in total. The van der Waals surface area contributed by atoms with Gasteiger partial charge in [0.25, 0.3) is 0 Å². The maximum atomic E-state index is 11.4. The van der Waals surface area contributed by atoms with E-state index >= 15 is 0 Å². The highest BCUT2D eigenvalue weighted by atomic mass is 35.5. The molecule has 18 heavy (non-hydrogen) atoms. The van der Waals surface area contributed by atoms with Gasteiger partial charge in [-0.3, -0.25) is 0 Å². The first kappa shape index (κ1) is 13.0. The van der Waals surface area contributed by atoms with Gasteiger partial charge in [0.2, 0.25) is 0 Å². The number of rotatable bonds is 3. The molecule has 0 N–H and O–H groups in total. The van der Waals surface area contributed by atoms with Gasteiger partial charge in [-0.2, -0.15) is 0 Å². The Labute approximate surface area is 111 Å². The predicted octanol–water partition coefficient (Wildman–Crippen LogP) is 2.12. The van der Waals surface area contributed by atoms with Gasteiger partial charge in [-0.1, -0.05) is 23.7 Å². The third kappa shape index (κ3) is 3.27. The summed E-state index contributed by atoms with van der Waals surface area (Å²) in [6, 6.07) is 8.32. The lowest BCUT2D eigenvalue weighted by atomic mass is 10.1. The number of nitrogens with zero attached hydrogens (tertiary/aromatic N) is 2. The first-order valence-electron chi connectivity index (χ1n) is 5.21. The highest BCUT2D eigenvalue weighted by Gasteiger charge is 2.08. The first-order valence-corrected chi connectivity index (χ1v) is 7.48. The second-order valence-electron chi connectivity index (χ2n) is 3.89. The molecule has 0 bridgehead atoms. The lowest BCUT2D eigenvalue weighted by molar-refractivity contribution is 0.601. The highest BCUT2D eigenvalue weighted by molar-refractivity contribution is 7.90. The predicted molar refractivity (Wildman–Crippen MR) is 69.4 cm³/mol. The Morgan fingerprint density at radius 1 is 1.28 bits per heavy atom. The van der Waals surface area contributed by atoms with Crippen LogP contribution in [0.25, 0.3) is 0 Å². The largest absolute Gasteiger partial charge is 0.241 e. The van der Waals surface area contributed by atoms with E-state index < -0.39 is 9.84 Å². The molecule has 2 aromatic rings. The van der Waals surface area contributed by atoms with Gasteiger partial charge in [0.05, 0.1) is 4.90 Å². The number of benzene rings is 1. The second-order valence-corrected chi connectivity index (χ2v) is 6.29. The molecule has 0 aliphatic carbocycles. The van der Waals surface area contributed by atoms with Gasteiger partial charge in [0, 0.05) is 18.9 Å². The van der Waals surface area contributed by atoms with Crippen molar-refractivity contribution >= 4 is 21.4 Å². The minimum atomic E-state index is -3.19. The van der Waals surface area contributed by atoms with Crippen molar-refractivity contribution in [2.45, 2.75) is 11.3 Å². The normalized spacial score (nSPS) is 11.4. The van der Waals surface area contributed by atoms with Crippen molar-refractivity contribution in [3.63, 3.8) is 0 Å². The molecule has 1 aromatic carbocycles. The lowest BCUT2D eigenvalue weighted by Gasteiger charge is -2.03. The Morgan fingerprint density at radius 2 is 2.06 bits per heavy atom. The van der Waals surface area contributed by atoms with Crippen molar-refractivity contribution in [1.82, 2.24) is 9.97 Å². The molecule has 94 valence electrons. The Morgan fingerprint density at radius 3 is 2.72 bits per heavy atom. The molecule has 0 atom stereocenters. The number of aromatic nitrogens is 2. The fourth-order valence-corrected chi connectivity index (χ4v) is 2.37. The molecule has 1 heterocycles. The number of hydrogen-bond donors (Lipinski definition) is 0. The van der Waals surface area contributed by atoms with E-state index in [1.165, 1.54) is 6.26 Å². The van der Waals surface area contributed by atoms with Crippen LogP contribution in [0, 0.1) is 0 Å². The SMILES string of the molecule is CS(=O)(=O)c1cccc(Cc2nccc(Cl)n2)c1. The minimum absolute atomic E-state index is 0.294. The molecule has 0 saturated heterocycles. The summed E-state index contributed by atoms with van der Waals surface area (Å²) in [6.07, 6.45) is 3.21. The summed E-state index contributed by atoms with van der Waals surface area (Å²) in [5.74, 6) is 0.563. The molecule has 0 fully saturated rings.